The highest BCUT2D eigenvalue weighted by molar-refractivity contribution is 5.95. The minimum Gasteiger partial charge on any atom is -0.478 e. The summed E-state index contributed by atoms with van der Waals surface area (Å²) < 4.78 is 5.21. The van der Waals surface area contributed by atoms with E-state index < -0.39 is 17.7 Å². The van der Waals surface area contributed by atoms with Crippen molar-refractivity contribution in [3.05, 3.63) is 35.5 Å². The summed E-state index contributed by atoms with van der Waals surface area (Å²) in [7, 11) is 0. The van der Waals surface area contributed by atoms with Crippen molar-refractivity contribution in [2.45, 2.75) is 33.3 Å². The number of hydrogen-bond donors (Lipinski definition) is 3. The summed E-state index contributed by atoms with van der Waals surface area (Å²) in [6.45, 7) is 7.17. The van der Waals surface area contributed by atoms with Crippen molar-refractivity contribution in [2.24, 2.45) is 0 Å². The largest absolute Gasteiger partial charge is 0.478 e. The van der Waals surface area contributed by atoms with E-state index in [0.29, 0.717) is 16.9 Å². The third kappa shape index (κ3) is 4.09. The van der Waals surface area contributed by atoms with Crippen LogP contribution in [-0.4, -0.2) is 33.0 Å². The van der Waals surface area contributed by atoms with Crippen LogP contribution in [0.15, 0.2) is 24.4 Å². The van der Waals surface area contributed by atoms with Crippen molar-refractivity contribution in [2.75, 3.05) is 5.32 Å². The van der Waals surface area contributed by atoms with Gasteiger partial charge in [0.25, 0.3) is 0 Å². The predicted molar refractivity (Wildman–Crippen MR) is 85.6 cm³/mol. The molecule has 2 aromatic rings. The average Bonchev–Trinajstić information content (AvgIpc) is 2.88. The van der Waals surface area contributed by atoms with E-state index in [0.717, 1.165) is 5.56 Å². The maximum atomic E-state index is 11.8. The van der Waals surface area contributed by atoms with Crippen LogP contribution in [0.5, 0.6) is 0 Å². The summed E-state index contributed by atoms with van der Waals surface area (Å²) in [6.07, 6.45) is 0.723. The zero-order chi connectivity index (χ0) is 17.2. The number of nitrogens with zero attached hydrogens (tertiary/aromatic N) is 1. The Kier molecular flexibility index (Phi) is 4.40. The molecule has 0 bridgehead atoms. The van der Waals surface area contributed by atoms with E-state index in [1.807, 2.05) is 6.92 Å². The van der Waals surface area contributed by atoms with E-state index in [-0.39, 0.29) is 5.56 Å². The van der Waals surface area contributed by atoms with Crippen LogP contribution in [0.3, 0.4) is 0 Å². The number of hydrogen-bond acceptors (Lipinski definition) is 4. The van der Waals surface area contributed by atoms with Crippen LogP contribution < -0.4 is 5.32 Å². The Hall–Kier alpha value is -2.83. The fourth-order valence-corrected chi connectivity index (χ4v) is 2.04. The molecule has 0 atom stereocenters. The maximum Gasteiger partial charge on any atom is 0.412 e. The molecule has 0 spiro atoms. The van der Waals surface area contributed by atoms with Gasteiger partial charge in [0.15, 0.2) is 0 Å². The van der Waals surface area contributed by atoms with Gasteiger partial charge in [-0.2, -0.15) is 5.10 Å². The number of amides is 1. The average molecular weight is 317 g/mol. The lowest BCUT2D eigenvalue weighted by Crippen LogP contribution is -2.27. The van der Waals surface area contributed by atoms with Crippen molar-refractivity contribution in [3.63, 3.8) is 0 Å². The zero-order valence-corrected chi connectivity index (χ0v) is 13.4. The summed E-state index contributed by atoms with van der Waals surface area (Å²) in [4.78, 5) is 23.0. The second kappa shape index (κ2) is 6.12. The Bertz CT molecular complexity index is 744. The first kappa shape index (κ1) is 16.5. The molecule has 122 valence electrons. The van der Waals surface area contributed by atoms with E-state index in [9.17, 15) is 9.59 Å². The molecule has 1 heterocycles. The number of aromatic amines is 1. The Morgan fingerprint density at radius 3 is 2.57 bits per heavy atom. The summed E-state index contributed by atoms with van der Waals surface area (Å²) in [6, 6.07) is 5.17. The van der Waals surface area contributed by atoms with Crippen LogP contribution in [0, 0.1) is 6.92 Å². The van der Waals surface area contributed by atoms with E-state index in [4.69, 9.17) is 9.84 Å². The SMILES string of the molecule is Cc1cc(-c2[nH]ncc2C(=O)O)ccc1NC(=O)OC(C)(C)C. The molecule has 0 aliphatic heterocycles. The Labute approximate surface area is 133 Å². The lowest BCUT2D eigenvalue weighted by atomic mass is 10.0. The molecule has 0 aliphatic rings. The molecule has 0 fully saturated rings. The first-order chi connectivity index (χ1) is 10.7. The molecule has 0 unspecified atom stereocenters. The Morgan fingerprint density at radius 1 is 1.30 bits per heavy atom. The van der Waals surface area contributed by atoms with E-state index in [2.05, 4.69) is 15.5 Å². The minimum absolute atomic E-state index is 0.0947. The molecule has 2 rings (SSSR count). The number of carbonyl (C=O) groups excluding carboxylic acids is 1. The monoisotopic (exact) mass is 317 g/mol. The Morgan fingerprint density at radius 2 is 2.00 bits per heavy atom. The lowest BCUT2D eigenvalue weighted by Gasteiger charge is -2.20. The van der Waals surface area contributed by atoms with Gasteiger partial charge in [0.1, 0.15) is 11.2 Å². The number of aryl methyl sites for hydroxylation is 1. The van der Waals surface area contributed by atoms with Gasteiger partial charge in [-0.25, -0.2) is 9.59 Å². The number of carboxylic acids is 1. The predicted octanol–water partition coefficient (Wildman–Crippen LogP) is 3.43. The fraction of sp³-hybridized carbons (Fsp3) is 0.312. The minimum atomic E-state index is -1.05. The molecule has 0 saturated heterocycles. The highest BCUT2D eigenvalue weighted by Gasteiger charge is 2.18. The van der Waals surface area contributed by atoms with Crippen LogP contribution in [0.4, 0.5) is 10.5 Å². The van der Waals surface area contributed by atoms with Gasteiger partial charge in [-0.1, -0.05) is 6.07 Å². The molecule has 23 heavy (non-hydrogen) atoms. The zero-order valence-electron chi connectivity index (χ0n) is 13.4. The van der Waals surface area contributed by atoms with Crippen molar-refractivity contribution in [1.29, 1.82) is 0 Å². The molecule has 1 amide bonds. The number of anilines is 1. The number of H-pyrrole nitrogens is 1. The van der Waals surface area contributed by atoms with Gasteiger partial charge in [0.2, 0.25) is 0 Å². The third-order valence-electron chi connectivity index (χ3n) is 3.02. The number of aromatic carboxylic acids is 1. The molecule has 3 N–H and O–H groups in total. The molecular weight excluding hydrogens is 298 g/mol. The van der Waals surface area contributed by atoms with Crippen LogP contribution in [0.1, 0.15) is 36.7 Å². The van der Waals surface area contributed by atoms with Gasteiger partial charge in [0, 0.05) is 11.3 Å². The highest BCUT2D eigenvalue weighted by Crippen LogP contribution is 2.26. The molecule has 0 radical (unpaired) electrons. The topological polar surface area (TPSA) is 104 Å². The number of ether oxygens (including phenoxy) is 1. The summed E-state index contributed by atoms with van der Waals surface area (Å²) >= 11 is 0. The molecule has 0 aliphatic carbocycles. The summed E-state index contributed by atoms with van der Waals surface area (Å²) in [5.74, 6) is -1.05. The molecule has 7 nitrogen and oxygen atoms in total. The Balaban J connectivity index is 2.23. The molecule has 1 aromatic heterocycles. The van der Waals surface area contributed by atoms with Crippen molar-refractivity contribution in [1.82, 2.24) is 10.2 Å². The van der Waals surface area contributed by atoms with Crippen molar-refractivity contribution in [3.8, 4) is 11.3 Å². The number of carboxylic acid groups (broad SMARTS) is 1. The van der Waals surface area contributed by atoms with Crippen molar-refractivity contribution < 1.29 is 19.4 Å². The number of rotatable bonds is 3. The molecular formula is C16H19N3O4. The second-order valence-electron chi connectivity index (χ2n) is 6.12. The van der Waals surface area contributed by atoms with E-state index in [1.54, 1.807) is 39.0 Å². The first-order valence-corrected chi connectivity index (χ1v) is 7.05. The van der Waals surface area contributed by atoms with E-state index >= 15 is 0 Å². The summed E-state index contributed by atoms with van der Waals surface area (Å²) in [5, 5.41) is 18.3. The maximum absolute atomic E-state index is 11.8. The number of benzene rings is 1. The second-order valence-corrected chi connectivity index (χ2v) is 6.12. The smallest absolute Gasteiger partial charge is 0.412 e. The normalized spacial score (nSPS) is 11.1. The van der Waals surface area contributed by atoms with Crippen molar-refractivity contribution >= 4 is 17.7 Å². The van der Waals surface area contributed by atoms with Gasteiger partial charge >= 0.3 is 12.1 Å². The summed E-state index contributed by atoms with van der Waals surface area (Å²) in [5.41, 5.74) is 1.98. The van der Waals surface area contributed by atoms with Gasteiger partial charge in [-0.05, 0) is 45.4 Å². The van der Waals surface area contributed by atoms with Gasteiger partial charge < -0.3 is 9.84 Å². The standard InChI is InChI=1S/C16H19N3O4/c1-9-7-10(13-11(14(20)21)8-17-19-13)5-6-12(9)18-15(22)23-16(2,3)4/h5-8H,1-4H3,(H,17,19)(H,18,22)(H,20,21). The highest BCUT2D eigenvalue weighted by atomic mass is 16.6. The molecule has 1 aromatic carbocycles. The third-order valence-corrected chi connectivity index (χ3v) is 3.02. The van der Waals surface area contributed by atoms with Gasteiger partial charge in [0.05, 0.1) is 11.9 Å². The fourth-order valence-electron chi connectivity index (χ4n) is 2.04. The van der Waals surface area contributed by atoms with Gasteiger partial charge in [-0.3, -0.25) is 10.4 Å². The molecule has 0 saturated carbocycles. The quantitative estimate of drug-likeness (QED) is 0.804. The first-order valence-electron chi connectivity index (χ1n) is 7.05. The molecule has 7 heteroatoms. The van der Waals surface area contributed by atoms with Crippen LogP contribution in [0.2, 0.25) is 0 Å². The van der Waals surface area contributed by atoms with Crippen LogP contribution in [-0.2, 0) is 4.74 Å². The van der Waals surface area contributed by atoms with Crippen LogP contribution in [0.25, 0.3) is 11.3 Å². The number of nitrogens with one attached hydrogen (secondary N) is 2. The van der Waals surface area contributed by atoms with Crippen LogP contribution >= 0.6 is 0 Å². The lowest BCUT2D eigenvalue weighted by molar-refractivity contribution is 0.0634. The number of carbonyl (C=O) groups is 2. The number of aromatic nitrogens is 2. The van der Waals surface area contributed by atoms with E-state index in [1.165, 1.54) is 6.20 Å². The van der Waals surface area contributed by atoms with Gasteiger partial charge in [-0.15, -0.1) is 0 Å².